The number of hydrogen-bond donors (Lipinski definition) is 2. The normalized spacial score (nSPS) is 13.5. The summed E-state index contributed by atoms with van der Waals surface area (Å²) in [5.41, 5.74) is 2.48. The zero-order valence-corrected chi connectivity index (χ0v) is 10.9. The van der Waals surface area contributed by atoms with Crippen molar-refractivity contribution < 1.29 is 31.4 Å². The van der Waals surface area contributed by atoms with Gasteiger partial charge in [0.05, 0.1) is 6.04 Å². The van der Waals surface area contributed by atoms with Gasteiger partial charge in [-0.05, 0) is 12.5 Å². The molecule has 0 spiro atoms. The number of rotatable bonds is 8. The van der Waals surface area contributed by atoms with Crippen LogP contribution in [0.1, 0.15) is 18.0 Å². The quantitative estimate of drug-likeness (QED) is 0.335. The van der Waals surface area contributed by atoms with Gasteiger partial charge in [-0.2, -0.15) is 0 Å². The zero-order chi connectivity index (χ0) is 15.9. The van der Waals surface area contributed by atoms with Gasteiger partial charge in [0.15, 0.2) is 0 Å². The Morgan fingerprint density at radius 2 is 1.86 bits per heavy atom. The molecule has 0 aliphatic heterocycles. The molecule has 1 unspecified atom stereocenters. The van der Waals surface area contributed by atoms with Crippen LogP contribution >= 0.6 is 0 Å². The van der Waals surface area contributed by atoms with Crippen molar-refractivity contribution >= 4 is 0 Å². The van der Waals surface area contributed by atoms with Crippen LogP contribution in [-0.4, -0.2) is 26.0 Å². The summed E-state index contributed by atoms with van der Waals surface area (Å²) in [6, 6.07) is 4.72. The maximum atomic E-state index is 12.3. The first kappa shape index (κ1) is 17.6. The van der Waals surface area contributed by atoms with Crippen molar-refractivity contribution in [2.75, 3.05) is 13.2 Å². The molecule has 0 aromatic heterocycles. The number of halogens is 5. The third-order valence-electron chi connectivity index (χ3n) is 2.52. The molecule has 0 radical (unpaired) electrons. The molecule has 0 saturated carbocycles. The van der Waals surface area contributed by atoms with E-state index < -0.39 is 31.2 Å². The van der Waals surface area contributed by atoms with Gasteiger partial charge in [0.25, 0.3) is 6.43 Å². The minimum Gasteiger partial charge on any atom is -0.405 e. The molecule has 4 nitrogen and oxygen atoms in total. The lowest BCUT2D eigenvalue weighted by molar-refractivity contribution is -0.275. The van der Waals surface area contributed by atoms with Crippen LogP contribution in [0.25, 0.3) is 0 Å². The highest BCUT2D eigenvalue weighted by Gasteiger charge is 2.32. The Morgan fingerprint density at radius 1 is 1.19 bits per heavy atom. The summed E-state index contributed by atoms with van der Waals surface area (Å²) in [6.45, 7) is -0.822. The predicted molar refractivity (Wildman–Crippen MR) is 64.6 cm³/mol. The number of ether oxygens (including phenoxy) is 2. The molecule has 1 rings (SSSR count). The molecule has 0 fully saturated rings. The van der Waals surface area contributed by atoms with Gasteiger partial charge in [-0.3, -0.25) is 11.3 Å². The predicted octanol–water partition coefficient (Wildman–Crippen LogP) is 2.76. The molecule has 120 valence electrons. The standard InChI is InChI=1S/C12H15F5N2O2/c13-11(14)7-20-6-5-9(19-18)8-3-1-2-4-10(8)21-12(15,16)17/h1-4,9,11,19H,5-7,18H2. The van der Waals surface area contributed by atoms with Crippen molar-refractivity contribution in [3.8, 4) is 5.75 Å². The summed E-state index contributed by atoms with van der Waals surface area (Å²) < 4.78 is 69.3. The summed E-state index contributed by atoms with van der Waals surface area (Å²) in [6.07, 6.45) is -7.32. The molecule has 3 N–H and O–H groups in total. The maximum absolute atomic E-state index is 12.3. The van der Waals surface area contributed by atoms with E-state index in [1.165, 1.54) is 18.2 Å². The Bertz CT molecular complexity index is 428. The Balaban J connectivity index is 2.71. The second-order valence-electron chi connectivity index (χ2n) is 4.06. The minimum atomic E-state index is -4.83. The van der Waals surface area contributed by atoms with Gasteiger partial charge < -0.3 is 9.47 Å². The molecule has 0 heterocycles. The van der Waals surface area contributed by atoms with Crippen LogP contribution in [0.4, 0.5) is 22.0 Å². The van der Waals surface area contributed by atoms with E-state index in [2.05, 4.69) is 14.9 Å². The van der Waals surface area contributed by atoms with E-state index in [1.807, 2.05) is 0 Å². The van der Waals surface area contributed by atoms with E-state index in [0.29, 0.717) is 0 Å². The highest BCUT2D eigenvalue weighted by molar-refractivity contribution is 5.36. The van der Waals surface area contributed by atoms with E-state index in [-0.39, 0.29) is 18.6 Å². The van der Waals surface area contributed by atoms with Gasteiger partial charge in [-0.25, -0.2) is 8.78 Å². The topological polar surface area (TPSA) is 56.5 Å². The summed E-state index contributed by atoms with van der Waals surface area (Å²) in [5.74, 6) is 4.89. The van der Waals surface area contributed by atoms with Crippen LogP contribution in [0.15, 0.2) is 24.3 Å². The molecule has 1 aromatic rings. The van der Waals surface area contributed by atoms with Gasteiger partial charge in [-0.1, -0.05) is 18.2 Å². The molecule has 21 heavy (non-hydrogen) atoms. The SMILES string of the molecule is NNC(CCOCC(F)F)c1ccccc1OC(F)(F)F. The number of nitrogens with two attached hydrogens (primary N) is 1. The van der Waals surface area contributed by atoms with Crippen LogP contribution in [0.5, 0.6) is 5.75 Å². The molecule has 0 aliphatic carbocycles. The molecule has 0 aliphatic rings. The number of nitrogens with one attached hydrogen (secondary N) is 1. The molecule has 0 amide bonds. The number of hydrogen-bond acceptors (Lipinski definition) is 4. The monoisotopic (exact) mass is 314 g/mol. The molecule has 9 heteroatoms. The van der Waals surface area contributed by atoms with E-state index in [9.17, 15) is 22.0 Å². The van der Waals surface area contributed by atoms with E-state index in [4.69, 9.17) is 5.84 Å². The van der Waals surface area contributed by atoms with Gasteiger partial charge in [-0.15, -0.1) is 13.2 Å². The second-order valence-corrected chi connectivity index (χ2v) is 4.06. The largest absolute Gasteiger partial charge is 0.573 e. The van der Waals surface area contributed by atoms with Gasteiger partial charge >= 0.3 is 6.36 Å². The van der Waals surface area contributed by atoms with Crippen molar-refractivity contribution in [2.24, 2.45) is 5.84 Å². The third-order valence-corrected chi connectivity index (χ3v) is 2.52. The summed E-state index contributed by atoms with van der Waals surface area (Å²) in [5, 5.41) is 0. The van der Waals surface area contributed by atoms with Gasteiger partial charge in [0, 0.05) is 12.2 Å². The fraction of sp³-hybridized carbons (Fsp3) is 0.500. The van der Waals surface area contributed by atoms with Crippen molar-refractivity contribution in [3.05, 3.63) is 29.8 Å². The van der Waals surface area contributed by atoms with Crippen molar-refractivity contribution in [3.63, 3.8) is 0 Å². The van der Waals surface area contributed by atoms with Crippen LogP contribution < -0.4 is 16.0 Å². The Labute approximate surface area is 118 Å². The van der Waals surface area contributed by atoms with Crippen molar-refractivity contribution in [2.45, 2.75) is 25.3 Å². The first-order valence-electron chi connectivity index (χ1n) is 6.00. The number of alkyl halides is 5. The number of benzene rings is 1. The smallest absolute Gasteiger partial charge is 0.405 e. The number of hydrazine groups is 1. The molecule has 1 atom stereocenters. The zero-order valence-electron chi connectivity index (χ0n) is 10.9. The highest BCUT2D eigenvalue weighted by atomic mass is 19.4. The van der Waals surface area contributed by atoms with Crippen LogP contribution in [0.3, 0.4) is 0 Å². The van der Waals surface area contributed by atoms with E-state index in [1.54, 1.807) is 0 Å². The van der Waals surface area contributed by atoms with Crippen LogP contribution in [-0.2, 0) is 4.74 Å². The summed E-state index contributed by atoms with van der Waals surface area (Å²) in [7, 11) is 0. The molecular formula is C12H15F5N2O2. The molecule has 1 aromatic carbocycles. The fourth-order valence-electron chi connectivity index (χ4n) is 1.69. The van der Waals surface area contributed by atoms with Crippen molar-refractivity contribution in [1.29, 1.82) is 0 Å². The maximum Gasteiger partial charge on any atom is 0.573 e. The van der Waals surface area contributed by atoms with E-state index >= 15 is 0 Å². The van der Waals surface area contributed by atoms with E-state index in [0.717, 1.165) is 6.07 Å². The summed E-state index contributed by atoms with van der Waals surface area (Å²) >= 11 is 0. The molecular weight excluding hydrogens is 299 g/mol. The van der Waals surface area contributed by atoms with Crippen LogP contribution in [0, 0.1) is 0 Å². The number of para-hydroxylation sites is 1. The Hall–Kier alpha value is -1.45. The van der Waals surface area contributed by atoms with Gasteiger partial charge in [0.2, 0.25) is 0 Å². The first-order chi connectivity index (χ1) is 9.83. The first-order valence-corrected chi connectivity index (χ1v) is 6.00. The fourth-order valence-corrected chi connectivity index (χ4v) is 1.69. The lowest BCUT2D eigenvalue weighted by atomic mass is 10.0. The molecule has 0 bridgehead atoms. The summed E-state index contributed by atoms with van der Waals surface area (Å²) in [4.78, 5) is 0. The Kier molecular flexibility index (Phi) is 6.79. The van der Waals surface area contributed by atoms with Crippen LogP contribution in [0.2, 0.25) is 0 Å². The average Bonchev–Trinajstić information content (AvgIpc) is 2.38. The van der Waals surface area contributed by atoms with Gasteiger partial charge in [0.1, 0.15) is 12.4 Å². The Morgan fingerprint density at radius 3 is 2.43 bits per heavy atom. The second kappa shape index (κ2) is 8.11. The average molecular weight is 314 g/mol. The minimum absolute atomic E-state index is 0.0838. The van der Waals surface area contributed by atoms with Crippen molar-refractivity contribution in [1.82, 2.24) is 5.43 Å². The molecule has 0 saturated heterocycles. The lowest BCUT2D eigenvalue weighted by Gasteiger charge is -2.20. The third kappa shape index (κ3) is 6.69. The lowest BCUT2D eigenvalue weighted by Crippen LogP contribution is -2.30. The highest BCUT2D eigenvalue weighted by Crippen LogP contribution is 2.31.